The number of hydrazone groups is 1. The molecule has 0 radical (unpaired) electrons. The van der Waals surface area contributed by atoms with Gasteiger partial charge in [0, 0.05) is 5.56 Å². The fourth-order valence-electron chi connectivity index (χ4n) is 1.56. The number of hydrogen-bond acceptors (Lipinski definition) is 5. The van der Waals surface area contributed by atoms with Gasteiger partial charge in [-0.3, -0.25) is 4.79 Å². The van der Waals surface area contributed by atoms with Crippen molar-refractivity contribution in [3.63, 3.8) is 0 Å². The van der Waals surface area contributed by atoms with E-state index >= 15 is 0 Å². The van der Waals surface area contributed by atoms with Crippen LogP contribution >= 0.6 is 11.3 Å². The molecule has 5 nitrogen and oxygen atoms in total. The van der Waals surface area contributed by atoms with E-state index in [2.05, 4.69) is 10.5 Å². The van der Waals surface area contributed by atoms with Crippen molar-refractivity contribution in [2.24, 2.45) is 5.10 Å². The highest BCUT2D eigenvalue weighted by Crippen LogP contribution is 2.22. The van der Waals surface area contributed by atoms with Crippen LogP contribution in [-0.4, -0.2) is 26.3 Å². The lowest BCUT2D eigenvalue weighted by Crippen LogP contribution is -2.16. The maximum Gasteiger partial charge on any atom is 0.281 e. The number of amides is 1. The van der Waals surface area contributed by atoms with E-state index in [0.29, 0.717) is 16.4 Å². The van der Waals surface area contributed by atoms with Crippen LogP contribution in [0.1, 0.15) is 15.2 Å². The van der Waals surface area contributed by atoms with Gasteiger partial charge in [-0.2, -0.15) is 5.10 Å². The van der Waals surface area contributed by atoms with Crippen molar-refractivity contribution in [1.82, 2.24) is 5.43 Å². The van der Waals surface area contributed by atoms with Crippen molar-refractivity contribution in [2.45, 2.75) is 0 Å². The molecule has 6 heteroatoms. The average Bonchev–Trinajstić information content (AvgIpc) is 3.01. The number of nitrogens with zero attached hydrogens (tertiary/aromatic N) is 1. The Bertz CT molecular complexity index is 609. The quantitative estimate of drug-likeness (QED) is 0.680. The van der Waals surface area contributed by atoms with Crippen LogP contribution in [0.15, 0.2) is 40.8 Å². The fraction of sp³-hybridized carbons (Fsp3) is 0.143. The summed E-state index contributed by atoms with van der Waals surface area (Å²) in [5, 5.41) is 5.77. The third kappa shape index (κ3) is 3.36. The Labute approximate surface area is 120 Å². The number of thiophene rings is 1. The molecular weight excluding hydrogens is 276 g/mol. The second kappa shape index (κ2) is 6.72. The summed E-state index contributed by atoms with van der Waals surface area (Å²) in [4.78, 5) is 12.3. The minimum atomic E-state index is -0.238. The predicted octanol–water partition coefficient (Wildman–Crippen LogP) is 2.53. The molecule has 2 aromatic rings. The molecule has 1 aromatic heterocycles. The molecule has 1 N–H and O–H groups in total. The second-order valence-electron chi connectivity index (χ2n) is 3.78. The molecule has 1 amide bonds. The SMILES string of the molecule is COc1ccc(OC)c(/C=N/NC(=O)c2cccs2)c1. The molecule has 0 bridgehead atoms. The van der Waals surface area contributed by atoms with Gasteiger partial charge in [0.2, 0.25) is 0 Å². The van der Waals surface area contributed by atoms with Gasteiger partial charge in [0.05, 0.1) is 25.3 Å². The summed E-state index contributed by atoms with van der Waals surface area (Å²) < 4.78 is 10.4. The topological polar surface area (TPSA) is 59.9 Å². The van der Waals surface area contributed by atoms with Crippen LogP contribution in [0.5, 0.6) is 11.5 Å². The molecule has 0 aliphatic heterocycles. The summed E-state index contributed by atoms with van der Waals surface area (Å²) in [5.41, 5.74) is 3.19. The van der Waals surface area contributed by atoms with Gasteiger partial charge in [-0.05, 0) is 29.6 Å². The van der Waals surface area contributed by atoms with E-state index in [0.717, 1.165) is 5.56 Å². The highest BCUT2D eigenvalue weighted by atomic mass is 32.1. The van der Waals surface area contributed by atoms with Crippen molar-refractivity contribution in [2.75, 3.05) is 14.2 Å². The third-order valence-corrected chi connectivity index (χ3v) is 3.42. The Morgan fingerprint density at radius 1 is 1.30 bits per heavy atom. The maximum absolute atomic E-state index is 11.7. The number of carbonyl (C=O) groups excluding carboxylic acids is 1. The molecule has 0 atom stereocenters. The first kappa shape index (κ1) is 14.1. The van der Waals surface area contributed by atoms with Crippen LogP contribution in [0.25, 0.3) is 0 Å². The lowest BCUT2D eigenvalue weighted by Gasteiger charge is -2.06. The van der Waals surface area contributed by atoms with Crippen LogP contribution in [0.2, 0.25) is 0 Å². The van der Waals surface area contributed by atoms with Crippen LogP contribution in [0.3, 0.4) is 0 Å². The first-order chi connectivity index (χ1) is 9.74. The third-order valence-electron chi connectivity index (χ3n) is 2.55. The summed E-state index contributed by atoms with van der Waals surface area (Å²) in [6.07, 6.45) is 1.52. The number of methoxy groups -OCH3 is 2. The molecule has 104 valence electrons. The van der Waals surface area contributed by atoms with Gasteiger partial charge in [0.1, 0.15) is 11.5 Å². The van der Waals surface area contributed by atoms with E-state index in [1.54, 1.807) is 38.5 Å². The number of carbonyl (C=O) groups is 1. The van der Waals surface area contributed by atoms with Crippen molar-refractivity contribution in [1.29, 1.82) is 0 Å². The molecule has 0 saturated carbocycles. The fourth-order valence-corrected chi connectivity index (χ4v) is 2.18. The molecule has 0 spiro atoms. The predicted molar refractivity (Wildman–Crippen MR) is 78.9 cm³/mol. The Morgan fingerprint density at radius 2 is 2.15 bits per heavy atom. The van der Waals surface area contributed by atoms with Gasteiger partial charge in [-0.25, -0.2) is 5.43 Å². The van der Waals surface area contributed by atoms with Gasteiger partial charge in [0.25, 0.3) is 5.91 Å². The first-order valence-corrected chi connectivity index (χ1v) is 6.71. The Hall–Kier alpha value is -2.34. The van der Waals surface area contributed by atoms with Crippen LogP contribution in [-0.2, 0) is 0 Å². The van der Waals surface area contributed by atoms with Gasteiger partial charge >= 0.3 is 0 Å². The summed E-state index contributed by atoms with van der Waals surface area (Å²) in [6.45, 7) is 0. The minimum Gasteiger partial charge on any atom is -0.497 e. The lowest BCUT2D eigenvalue weighted by molar-refractivity contribution is 0.0959. The number of hydrogen-bond donors (Lipinski definition) is 1. The van der Waals surface area contributed by atoms with E-state index in [4.69, 9.17) is 9.47 Å². The van der Waals surface area contributed by atoms with E-state index in [1.807, 2.05) is 11.4 Å². The number of nitrogens with one attached hydrogen (secondary N) is 1. The normalized spacial score (nSPS) is 10.5. The summed E-state index contributed by atoms with van der Waals surface area (Å²) in [7, 11) is 3.16. The van der Waals surface area contributed by atoms with Crippen LogP contribution in [0.4, 0.5) is 0 Å². The second-order valence-corrected chi connectivity index (χ2v) is 4.73. The van der Waals surface area contributed by atoms with E-state index < -0.39 is 0 Å². The van der Waals surface area contributed by atoms with Crippen molar-refractivity contribution >= 4 is 23.5 Å². The molecule has 0 aliphatic carbocycles. The molecular formula is C14H14N2O3S. The Kier molecular flexibility index (Phi) is 4.73. The van der Waals surface area contributed by atoms with Gasteiger partial charge in [0.15, 0.2) is 0 Å². The standard InChI is InChI=1S/C14H14N2O3S/c1-18-11-5-6-12(19-2)10(8-11)9-15-16-14(17)13-4-3-7-20-13/h3-9H,1-2H3,(H,16,17)/b15-9+. The highest BCUT2D eigenvalue weighted by Gasteiger charge is 2.05. The molecule has 1 heterocycles. The molecule has 0 aliphatic rings. The first-order valence-electron chi connectivity index (χ1n) is 5.83. The average molecular weight is 290 g/mol. The van der Waals surface area contributed by atoms with E-state index in [-0.39, 0.29) is 5.91 Å². The maximum atomic E-state index is 11.7. The molecule has 0 fully saturated rings. The zero-order valence-electron chi connectivity index (χ0n) is 11.1. The minimum absolute atomic E-state index is 0.238. The van der Waals surface area contributed by atoms with Gasteiger partial charge in [-0.1, -0.05) is 6.07 Å². The molecule has 20 heavy (non-hydrogen) atoms. The van der Waals surface area contributed by atoms with Crippen molar-refractivity contribution in [3.05, 3.63) is 46.2 Å². The molecule has 2 rings (SSSR count). The molecule has 0 saturated heterocycles. The van der Waals surface area contributed by atoms with E-state index in [1.165, 1.54) is 17.6 Å². The molecule has 0 unspecified atom stereocenters. The van der Waals surface area contributed by atoms with Crippen LogP contribution in [0, 0.1) is 0 Å². The Balaban J connectivity index is 2.09. The Morgan fingerprint density at radius 3 is 2.80 bits per heavy atom. The number of ether oxygens (including phenoxy) is 2. The number of rotatable bonds is 5. The summed E-state index contributed by atoms with van der Waals surface area (Å²) in [6, 6.07) is 8.90. The zero-order chi connectivity index (χ0) is 14.4. The van der Waals surface area contributed by atoms with Crippen LogP contribution < -0.4 is 14.9 Å². The largest absolute Gasteiger partial charge is 0.497 e. The highest BCUT2D eigenvalue weighted by molar-refractivity contribution is 7.12. The zero-order valence-corrected chi connectivity index (χ0v) is 11.9. The lowest BCUT2D eigenvalue weighted by atomic mass is 10.2. The van der Waals surface area contributed by atoms with E-state index in [9.17, 15) is 4.79 Å². The van der Waals surface area contributed by atoms with Crippen molar-refractivity contribution in [3.8, 4) is 11.5 Å². The molecule has 1 aromatic carbocycles. The van der Waals surface area contributed by atoms with Crippen molar-refractivity contribution < 1.29 is 14.3 Å². The number of benzene rings is 1. The monoisotopic (exact) mass is 290 g/mol. The smallest absolute Gasteiger partial charge is 0.281 e. The summed E-state index contributed by atoms with van der Waals surface area (Å²) >= 11 is 1.36. The van der Waals surface area contributed by atoms with Gasteiger partial charge < -0.3 is 9.47 Å². The summed E-state index contributed by atoms with van der Waals surface area (Å²) in [5.74, 6) is 1.11. The van der Waals surface area contributed by atoms with Gasteiger partial charge in [-0.15, -0.1) is 11.3 Å².